The van der Waals surface area contributed by atoms with Gasteiger partial charge in [-0.3, -0.25) is 9.20 Å². The maximum Gasteiger partial charge on any atom is 0.168 e. The predicted molar refractivity (Wildman–Crippen MR) is 57.2 cm³/mol. The number of aromatic nitrogens is 2. The topological polar surface area (TPSA) is 34.4 Å². The Hall–Kier alpha value is -1.64. The summed E-state index contributed by atoms with van der Waals surface area (Å²) in [6.07, 6.45) is 6.42. The summed E-state index contributed by atoms with van der Waals surface area (Å²) in [6, 6.07) is 5.81. The number of pyridine rings is 1. The molecule has 2 heterocycles. The van der Waals surface area contributed by atoms with Crippen LogP contribution in [0.25, 0.3) is 5.65 Å². The first-order chi connectivity index (χ1) is 7.40. The lowest BCUT2D eigenvalue weighted by Crippen LogP contribution is -2.11. The monoisotopic (exact) mass is 200 g/mol. The van der Waals surface area contributed by atoms with E-state index in [4.69, 9.17) is 0 Å². The van der Waals surface area contributed by atoms with Crippen LogP contribution in [-0.4, -0.2) is 15.7 Å². The molecule has 15 heavy (non-hydrogen) atoms. The van der Waals surface area contributed by atoms with Gasteiger partial charge >= 0.3 is 0 Å². The second-order valence-corrected chi connectivity index (χ2v) is 4.06. The Kier molecular flexibility index (Phi) is 1.84. The zero-order chi connectivity index (χ0) is 10.3. The van der Waals surface area contributed by atoms with Gasteiger partial charge in [0.15, 0.2) is 6.29 Å². The molecule has 3 heteroatoms. The quantitative estimate of drug-likeness (QED) is 0.698. The number of carbonyl (C=O) groups excluding carboxylic acids is 1. The standard InChI is InChI=1S/C12H12N2O/c15-8-10-12(9-4-3-5-9)13-11-6-1-2-7-14(10)11/h1-2,6-9H,3-5H2. The van der Waals surface area contributed by atoms with Gasteiger partial charge in [-0.2, -0.15) is 0 Å². The van der Waals surface area contributed by atoms with Crippen LogP contribution in [0.1, 0.15) is 41.4 Å². The van der Waals surface area contributed by atoms with Crippen LogP contribution in [-0.2, 0) is 0 Å². The van der Waals surface area contributed by atoms with Crippen molar-refractivity contribution in [2.75, 3.05) is 0 Å². The maximum atomic E-state index is 11.1. The number of carbonyl (C=O) groups is 1. The molecule has 1 saturated carbocycles. The molecule has 1 aliphatic carbocycles. The second kappa shape index (κ2) is 3.19. The van der Waals surface area contributed by atoms with E-state index in [-0.39, 0.29) is 0 Å². The predicted octanol–water partition coefficient (Wildman–Crippen LogP) is 2.41. The molecule has 0 aliphatic heterocycles. The molecule has 2 aromatic rings. The first kappa shape index (κ1) is 8.65. The average Bonchev–Trinajstić information content (AvgIpc) is 2.53. The van der Waals surface area contributed by atoms with E-state index in [0.717, 1.165) is 23.3 Å². The van der Waals surface area contributed by atoms with Crippen molar-refractivity contribution in [1.29, 1.82) is 0 Å². The minimum Gasteiger partial charge on any atom is -0.297 e. The molecule has 0 unspecified atom stereocenters. The molecule has 0 bridgehead atoms. The molecule has 76 valence electrons. The SMILES string of the molecule is O=Cc1c(C2CCC2)nc2ccccn12. The Morgan fingerprint density at radius 1 is 1.40 bits per heavy atom. The summed E-state index contributed by atoms with van der Waals surface area (Å²) < 4.78 is 1.88. The number of aldehydes is 1. The lowest BCUT2D eigenvalue weighted by atomic mass is 9.82. The van der Waals surface area contributed by atoms with Gasteiger partial charge in [0.1, 0.15) is 11.3 Å². The largest absolute Gasteiger partial charge is 0.297 e. The molecule has 0 spiro atoms. The third-order valence-corrected chi connectivity index (χ3v) is 3.20. The maximum absolute atomic E-state index is 11.1. The van der Waals surface area contributed by atoms with Crippen molar-refractivity contribution in [3.8, 4) is 0 Å². The molecule has 3 nitrogen and oxygen atoms in total. The highest BCUT2D eigenvalue weighted by Crippen LogP contribution is 2.37. The van der Waals surface area contributed by atoms with E-state index in [1.54, 1.807) is 0 Å². The van der Waals surface area contributed by atoms with Crippen LogP contribution >= 0.6 is 0 Å². The minimum atomic E-state index is 0.505. The van der Waals surface area contributed by atoms with Crippen LogP contribution in [0.5, 0.6) is 0 Å². The molecular weight excluding hydrogens is 188 g/mol. The molecule has 0 saturated heterocycles. The highest BCUT2D eigenvalue weighted by molar-refractivity contribution is 5.76. The van der Waals surface area contributed by atoms with Crippen LogP contribution < -0.4 is 0 Å². The summed E-state index contributed by atoms with van der Waals surface area (Å²) in [5, 5.41) is 0. The Balaban J connectivity index is 2.23. The molecule has 0 N–H and O–H groups in total. The summed E-state index contributed by atoms with van der Waals surface area (Å²) >= 11 is 0. The van der Waals surface area contributed by atoms with Gasteiger partial charge in [-0.1, -0.05) is 12.5 Å². The van der Waals surface area contributed by atoms with E-state index in [9.17, 15) is 4.79 Å². The number of imidazole rings is 1. The van der Waals surface area contributed by atoms with Gasteiger partial charge < -0.3 is 0 Å². The third-order valence-electron chi connectivity index (χ3n) is 3.20. The van der Waals surface area contributed by atoms with Crippen LogP contribution in [0.2, 0.25) is 0 Å². The normalized spacial score (nSPS) is 16.5. The fourth-order valence-electron chi connectivity index (χ4n) is 2.13. The van der Waals surface area contributed by atoms with Gasteiger partial charge in [0.05, 0.1) is 5.69 Å². The first-order valence-electron chi connectivity index (χ1n) is 5.32. The van der Waals surface area contributed by atoms with Gasteiger partial charge in [-0.15, -0.1) is 0 Å². The van der Waals surface area contributed by atoms with E-state index in [1.165, 1.54) is 19.3 Å². The van der Waals surface area contributed by atoms with Crippen LogP contribution in [0.4, 0.5) is 0 Å². The fourth-order valence-corrected chi connectivity index (χ4v) is 2.13. The van der Waals surface area contributed by atoms with Crippen molar-refractivity contribution in [2.24, 2.45) is 0 Å². The number of hydrogen-bond donors (Lipinski definition) is 0. The van der Waals surface area contributed by atoms with Gasteiger partial charge in [-0.05, 0) is 25.0 Å². The minimum absolute atomic E-state index is 0.505. The van der Waals surface area contributed by atoms with Crippen molar-refractivity contribution in [1.82, 2.24) is 9.38 Å². The van der Waals surface area contributed by atoms with Gasteiger partial charge in [-0.25, -0.2) is 4.98 Å². The van der Waals surface area contributed by atoms with E-state index in [1.807, 2.05) is 28.8 Å². The van der Waals surface area contributed by atoms with Crippen LogP contribution in [0, 0.1) is 0 Å². The van der Waals surface area contributed by atoms with Gasteiger partial charge in [0, 0.05) is 12.1 Å². The Morgan fingerprint density at radius 2 is 2.27 bits per heavy atom. The lowest BCUT2D eigenvalue weighted by molar-refractivity contribution is 0.111. The number of rotatable bonds is 2. The van der Waals surface area contributed by atoms with Crippen LogP contribution in [0.15, 0.2) is 24.4 Å². The molecule has 0 radical (unpaired) electrons. The summed E-state index contributed by atoms with van der Waals surface area (Å²) in [5.41, 5.74) is 2.60. The van der Waals surface area contributed by atoms with E-state index in [0.29, 0.717) is 5.92 Å². The highest BCUT2D eigenvalue weighted by atomic mass is 16.1. The zero-order valence-electron chi connectivity index (χ0n) is 8.39. The Bertz CT molecular complexity index is 511. The summed E-state index contributed by atoms with van der Waals surface area (Å²) in [7, 11) is 0. The molecule has 2 aromatic heterocycles. The molecule has 0 atom stereocenters. The van der Waals surface area contributed by atoms with Gasteiger partial charge in [0.2, 0.25) is 0 Å². The Labute approximate surface area is 87.7 Å². The van der Waals surface area contributed by atoms with Crippen molar-refractivity contribution < 1.29 is 4.79 Å². The van der Waals surface area contributed by atoms with Crippen molar-refractivity contribution in [3.05, 3.63) is 35.8 Å². The molecule has 1 aliphatic rings. The van der Waals surface area contributed by atoms with Crippen LogP contribution in [0.3, 0.4) is 0 Å². The van der Waals surface area contributed by atoms with E-state index >= 15 is 0 Å². The van der Waals surface area contributed by atoms with Crippen molar-refractivity contribution in [2.45, 2.75) is 25.2 Å². The van der Waals surface area contributed by atoms with Crippen molar-refractivity contribution >= 4 is 11.9 Å². The summed E-state index contributed by atoms with van der Waals surface area (Å²) in [4.78, 5) is 15.6. The fraction of sp³-hybridized carbons (Fsp3) is 0.333. The lowest BCUT2D eigenvalue weighted by Gasteiger charge is -2.23. The molecule has 1 fully saturated rings. The highest BCUT2D eigenvalue weighted by Gasteiger charge is 2.25. The van der Waals surface area contributed by atoms with E-state index < -0.39 is 0 Å². The molecule has 0 aromatic carbocycles. The van der Waals surface area contributed by atoms with Gasteiger partial charge in [0.25, 0.3) is 0 Å². The molecule has 0 amide bonds. The summed E-state index contributed by atoms with van der Waals surface area (Å²) in [5.74, 6) is 0.505. The van der Waals surface area contributed by atoms with Crippen molar-refractivity contribution in [3.63, 3.8) is 0 Å². The smallest absolute Gasteiger partial charge is 0.168 e. The average molecular weight is 200 g/mol. The second-order valence-electron chi connectivity index (χ2n) is 4.06. The summed E-state index contributed by atoms with van der Waals surface area (Å²) in [6.45, 7) is 0. The third kappa shape index (κ3) is 1.19. The van der Waals surface area contributed by atoms with E-state index in [2.05, 4.69) is 4.98 Å². The molecular formula is C12H12N2O. The zero-order valence-corrected chi connectivity index (χ0v) is 8.39. The number of fused-ring (bicyclic) bond motifs is 1. The number of hydrogen-bond acceptors (Lipinski definition) is 2. The first-order valence-corrected chi connectivity index (χ1v) is 5.32. The number of nitrogens with zero attached hydrogens (tertiary/aromatic N) is 2. The Morgan fingerprint density at radius 3 is 2.93 bits per heavy atom. The molecule has 3 rings (SSSR count).